The lowest BCUT2D eigenvalue weighted by Gasteiger charge is -2.23. The fourth-order valence-corrected chi connectivity index (χ4v) is 4.14. The van der Waals surface area contributed by atoms with E-state index in [1.54, 1.807) is 30.3 Å². The first-order chi connectivity index (χ1) is 16.0. The zero-order valence-electron chi connectivity index (χ0n) is 19.4. The van der Waals surface area contributed by atoms with Gasteiger partial charge >= 0.3 is 0 Å². The molecule has 0 saturated carbocycles. The molecular weight excluding hydrogens is 498 g/mol. The van der Waals surface area contributed by atoms with Gasteiger partial charge in [-0.05, 0) is 26.2 Å². The largest absolute Gasteiger partial charge is 0.357 e. The standard InChI is InChI=1S/C20H23N9O4S.ClH/c1-25(2)7-8-26(3)20-19(10-17(14-22-20)29(30)31)34(32,33)27(4)23-12-16-13-24-28-6-5-15(11-21)9-18(16)28;/h5-6,9-10,12-14H,7-8H2,1-4H3;1H/b23-12-;. The van der Waals surface area contributed by atoms with Crippen LogP contribution >= 0.6 is 12.4 Å². The molecule has 0 unspecified atom stereocenters. The molecule has 0 saturated heterocycles. The minimum Gasteiger partial charge on any atom is -0.357 e. The van der Waals surface area contributed by atoms with E-state index in [9.17, 15) is 18.5 Å². The number of rotatable bonds is 9. The molecule has 0 spiro atoms. The molecule has 3 aromatic heterocycles. The molecule has 0 aliphatic rings. The molecule has 3 heterocycles. The van der Waals surface area contributed by atoms with Crippen LogP contribution in [0.1, 0.15) is 11.1 Å². The summed E-state index contributed by atoms with van der Waals surface area (Å²) in [5, 5.41) is 28.6. The van der Waals surface area contributed by atoms with Crippen molar-refractivity contribution in [1.29, 1.82) is 5.26 Å². The van der Waals surface area contributed by atoms with E-state index in [-0.39, 0.29) is 23.1 Å². The van der Waals surface area contributed by atoms with Gasteiger partial charge in [0.2, 0.25) is 0 Å². The second-order valence-electron chi connectivity index (χ2n) is 7.64. The number of nitriles is 1. The van der Waals surface area contributed by atoms with Crippen molar-refractivity contribution in [3.8, 4) is 6.07 Å². The number of halogens is 1. The van der Waals surface area contributed by atoms with E-state index < -0.39 is 20.6 Å². The fourth-order valence-electron chi connectivity index (χ4n) is 2.98. The van der Waals surface area contributed by atoms with Gasteiger partial charge < -0.3 is 9.80 Å². The van der Waals surface area contributed by atoms with Crippen LogP contribution in [-0.4, -0.2) is 84.7 Å². The number of hydrazone groups is 1. The molecule has 35 heavy (non-hydrogen) atoms. The molecule has 186 valence electrons. The van der Waals surface area contributed by atoms with E-state index in [1.165, 1.54) is 24.0 Å². The van der Waals surface area contributed by atoms with Gasteiger partial charge in [0.15, 0.2) is 0 Å². The maximum atomic E-state index is 13.3. The SMILES string of the molecule is CN(C)CCN(C)c1ncc([N+](=O)[O-])cc1S(=O)(=O)N(C)/N=C\c1cnn2ccc(C#N)cc12.Cl. The van der Waals surface area contributed by atoms with Crippen LogP contribution in [0.2, 0.25) is 0 Å². The number of pyridine rings is 2. The van der Waals surface area contributed by atoms with Gasteiger partial charge in [-0.3, -0.25) is 10.1 Å². The molecule has 13 nitrogen and oxygen atoms in total. The van der Waals surface area contributed by atoms with Crippen molar-refractivity contribution in [2.45, 2.75) is 4.90 Å². The van der Waals surface area contributed by atoms with Crippen LogP contribution in [0, 0.1) is 21.4 Å². The Kier molecular flexibility index (Phi) is 8.69. The molecule has 15 heteroatoms. The molecule has 0 atom stereocenters. The van der Waals surface area contributed by atoms with Crippen LogP contribution in [0.5, 0.6) is 0 Å². The van der Waals surface area contributed by atoms with E-state index in [1.807, 2.05) is 25.1 Å². The Hall–Kier alpha value is -3.80. The molecule has 0 aliphatic carbocycles. The maximum absolute atomic E-state index is 13.3. The Balaban J connectivity index is 0.00000432. The van der Waals surface area contributed by atoms with Crippen molar-refractivity contribution in [2.75, 3.05) is 46.2 Å². The molecule has 3 rings (SSSR count). The number of hydrogen-bond acceptors (Lipinski definition) is 10. The predicted molar refractivity (Wildman–Crippen MR) is 132 cm³/mol. The van der Waals surface area contributed by atoms with Crippen LogP contribution in [0.4, 0.5) is 11.5 Å². The molecule has 0 radical (unpaired) electrons. The van der Waals surface area contributed by atoms with Crippen molar-refractivity contribution < 1.29 is 13.3 Å². The maximum Gasteiger partial charge on any atom is 0.289 e. The van der Waals surface area contributed by atoms with Gasteiger partial charge in [-0.15, -0.1) is 12.4 Å². The Morgan fingerprint density at radius 3 is 2.57 bits per heavy atom. The van der Waals surface area contributed by atoms with Crippen LogP contribution < -0.4 is 4.90 Å². The van der Waals surface area contributed by atoms with Crippen molar-refractivity contribution in [3.05, 3.63) is 58.0 Å². The first-order valence-electron chi connectivity index (χ1n) is 9.95. The zero-order valence-corrected chi connectivity index (χ0v) is 21.1. The highest BCUT2D eigenvalue weighted by molar-refractivity contribution is 7.89. The van der Waals surface area contributed by atoms with Crippen molar-refractivity contribution in [2.24, 2.45) is 5.10 Å². The third-order valence-corrected chi connectivity index (χ3v) is 6.59. The smallest absolute Gasteiger partial charge is 0.289 e. The molecular formula is C20H24ClN9O4S. The van der Waals surface area contributed by atoms with Crippen LogP contribution in [0.3, 0.4) is 0 Å². The highest BCUT2D eigenvalue weighted by Gasteiger charge is 2.29. The molecule has 0 aliphatic heterocycles. The van der Waals surface area contributed by atoms with Crippen molar-refractivity contribution >= 4 is 45.7 Å². The Labute approximate surface area is 208 Å². The number of nitro groups is 1. The van der Waals surface area contributed by atoms with E-state index in [0.29, 0.717) is 34.1 Å². The van der Waals surface area contributed by atoms with Crippen LogP contribution in [0.15, 0.2) is 46.8 Å². The third-order valence-electron chi connectivity index (χ3n) is 4.94. The number of nitrogens with zero attached hydrogens (tertiary/aromatic N) is 9. The Bertz CT molecular complexity index is 1400. The van der Waals surface area contributed by atoms with E-state index in [4.69, 9.17) is 5.26 Å². The van der Waals surface area contributed by atoms with Crippen LogP contribution in [-0.2, 0) is 10.0 Å². The number of anilines is 1. The molecule has 3 aromatic rings. The van der Waals surface area contributed by atoms with E-state index in [2.05, 4.69) is 15.2 Å². The number of likely N-dealkylation sites (N-methyl/N-ethyl adjacent to an activating group) is 2. The second-order valence-corrected chi connectivity index (χ2v) is 9.56. The van der Waals surface area contributed by atoms with E-state index >= 15 is 0 Å². The van der Waals surface area contributed by atoms with Gasteiger partial charge in [0.25, 0.3) is 15.7 Å². The zero-order chi connectivity index (χ0) is 25.0. The predicted octanol–water partition coefficient (Wildman–Crippen LogP) is 1.58. The van der Waals surface area contributed by atoms with Crippen molar-refractivity contribution in [3.63, 3.8) is 0 Å². The van der Waals surface area contributed by atoms with Gasteiger partial charge in [-0.2, -0.15) is 28.3 Å². The molecule has 0 fully saturated rings. The van der Waals surface area contributed by atoms with Crippen molar-refractivity contribution in [1.82, 2.24) is 23.9 Å². The Morgan fingerprint density at radius 1 is 1.23 bits per heavy atom. The van der Waals surface area contributed by atoms with E-state index in [0.717, 1.165) is 12.3 Å². The van der Waals surface area contributed by atoms with Gasteiger partial charge in [0.1, 0.15) is 16.9 Å². The third kappa shape index (κ3) is 6.01. The molecule has 0 N–H and O–H groups in total. The summed E-state index contributed by atoms with van der Waals surface area (Å²) in [6.45, 7) is 1.05. The number of fused-ring (bicyclic) bond motifs is 1. The van der Waals surface area contributed by atoms with Gasteiger partial charge in [-0.25, -0.2) is 9.50 Å². The summed E-state index contributed by atoms with van der Waals surface area (Å²) in [6.07, 6.45) is 5.41. The molecule has 0 aromatic carbocycles. The summed E-state index contributed by atoms with van der Waals surface area (Å²) in [6, 6.07) is 6.21. The normalized spacial score (nSPS) is 11.4. The summed E-state index contributed by atoms with van der Waals surface area (Å²) in [5.41, 5.74) is 1.01. The number of sulfonamides is 1. The molecule has 0 bridgehead atoms. The Morgan fingerprint density at radius 2 is 1.94 bits per heavy atom. The molecule has 0 amide bonds. The summed E-state index contributed by atoms with van der Waals surface area (Å²) in [7, 11) is 2.33. The fraction of sp³-hybridized carbons (Fsp3) is 0.300. The topological polar surface area (TPSA) is 153 Å². The van der Waals surface area contributed by atoms with Crippen LogP contribution in [0.25, 0.3) is 5.52 Å². The van der Waals surface area contributed by atoms with Gasteiger partial charge in [0, 0.05) is 45.0 Å². The average molecular weight is 522 g/mol. The second kappa shape index (κ2) is 11.1. The number of hydrogen-bond donors (Lipinski definition) is 0. The van der Waals surface area contributed by atoms with Gasteiger partial charge in [-0.1, -0.05) is 0 Å². The van der Waals surface area contributed by atoms with Gasteiger partial charge in [0.05, 0.1) is 34.5 Å². The minimum atomic E-state index is -4.29. The minimum absolute atomic E-state index is 0. The average Bonchev–Trinajstić information content (AvgIpc) is 3.22. The lowest BCUT2D eigenvalue weighted by Crippen LogP contribution is -2.31. The first-order valence-corrected chi connectivity index (χ1v) is 11.4. The quantitative estimate of drug-likeness (QED) is 0.232. The highest BCUT2D eigenvalue weighted by atomic mass is 35.5. The summed E-state index contributed by atoms with van der Waals surface area (Å²) >= 11 is 0. The lowest BCUT2D eigenvalue weighted by atomic mass is 10.2. The summed E-state index contributed by atoms with van der Waals surface area (Å²) in [5.74, 6) is 0.0733. The highest BCUT2D eigenvalue weighted by Crippen LogP contribution is 2.28. The summed E-state index contributed by atoms with van der Waals surface area (Å²) < 4.78 is 28.9. The summed E-state index contributed by atoms with van der Waals surface area (Å²) in [4.78, 5) is 17.8. The lowest BCUT2D eigenvalue weighted by molar-refractivity contribution is -0.385. The monoisotopic (exact) mass is 521 g/mol. The number of aromatic nitrogens is 3. The first kappa shape index (κ1) is 27.4.